The van der Waals surface area contributed by atoms with Crippen LogP contribution in [0.2, 0.25) is 0 Å². The molecule has 0 saturated heterocycles. The van der Waals surface area contributed by atoms with Crippen LogP contribution in [0.1, 0.15) is 38.2 Å². The van der Waals surface area contributed by atoms with Gasteiger partial charge in [-0.15, -0.1) is 0 Å². The zero-order valence-corrected chi connectivity index (χ0v) is 10.3. The molecule has 94 valence electrons. The number of hydrogen-bond donors (Lipinski definition) is 0. The highest BCUT2D eigenvalue weighted by molar-refractivity contribution is 5.32. The molecule has 0 amide bonds. The molecule has 0 aromatic heterocycles. The Morgan fingerprint density at radius 1 is 1.00 bits per heavy atom. The van der Waals surface area contributed by atoms with E-state index in [9.17, 15) is 8.78 Å². The molecule has 1 aromatic rings. The van der Waals surface area contributed by atoms with Crippen molar-refractivity contribution in [1.82, 2.24) is 0 Å². The Bertz CT molecular complexity index is 374. The number of ether oxygens (including phenoxy) is 1. The van der Waals surface area contributed by atoms with E-state index in [1.165, 1.54) is 0 Å². The van der Waals surface area contributed by atoms with E-state index in [0.717, 1.165) is 11.3 Å². The van der Waals surface area contributed by atoms with Gasteiger partial charge in [0, 0.05) is 12.8 Å². The van der Waals surface area contributed by atoms with E-state index in [-0.39, 0.29) is 18.3 Å². The fourth-order valence-electron chi connectivity index (χ4n) is 2.45. The number of hydrogen-bond acceptors (Lipinski definition) is 1. The molecule has 1 saturated carbocycles. The first kappa shape index (κ1) is 12.3. The maximum atomic E-state index is 13.2. The van der Waals surface area contributed by atoms with Crippen molar-refractivity contribution in [2.45, 2.75) is 43.9 Å². The van der Waals surface area contributed by atoms with Crippen LogP contribution in [0.15, 0.2) is 24.3 Å². The topological polar surface area (TPSA) is 9.23 Å². The SMILES string of the molecule is COc1ccc(C2(C)CCC(F)(F)CC2)cc1. The summed E-state index contributed by atoms with van der Waals surface area (Å²) in [5.74, 6) is -1.66. The van der Waals surface area contributed by atoms with Crippen LogP contribution in [0.25, 0.3) is 0 Å². The summed E-state index contributed by atoms with van der Waals surface area (Å²) in [6, 6.07) is 7.77. The summed E-state index contributed by atoms with van der Waals surface area (Å²) in [4.78, 5) is 0. The lowest BCUT2D eigenvalue weighted by Crippen LogP contribution is -2.34. The minimum absolute atomic E-state index is 0.00444. The molecular formula is C14H18F2O. The first-order chi connectivity index (χ1) is 7.95. The Kier molecular flexibility index (Phi) is 3.11. The zero-order valence-electron chi connectivity index (χ0n) is 10.3. The number of alkyl halides is 2. The average Bonchev–Trinajstić information content (AvgIpc) is 2.34. The highest BCUT2D eigenvalue weighted by Gasteiger charge is 2.41. The van der Waals surface area contributed by atoms with Gasteiger partial charge in [0.25, 0.3) is 0 Å². The standard InChI is InChI=1S/C14H18F2O/c1-13(7-9-14(15,16)10-8-13)11-3-5-12(17-2)6-4-11/h3-6H,7-10H2,1-2H3. The first-order valence-electron chi connectivity index (χ1n) is 5.98. The van der Waals surface area contributed by atoms with Crippen LogP contribution in [0.5, 0.6) is 5.75 Å². The summed E-state index contributed by atoms with van der Waals surface area (Å²) in [5, 5.41) is 0. The van der Waals surface area contributed by atoms with Gasteiger partial charge in [-0.05, 0) is 36.0 Å². The fraction of sp³-hybridized carbons (Fsp3) is 0.571. The molecule has 1 aliphatic rings. The van der Waals surface area contributed by atoms with E-state index >= 15 is 0 Å². The van der Waals surface area contributed by atoms with Crippen molar-refractivity contribution >= 4 is 0 Å². The van der Waals surface area contributed by atoms with E-state index in [1.807, 2.05) is 24.3 Å². The van der Waals surface area contributed by atoms with Gasteiger partial charge in [-0.2, -0.15) is 0 Å². The van der Waals surface area contributed by atoms with Crippen LogP contribution in [0.3, 0.4) is 0 Å². The molecule has 0 spiro atoms. The Morgan fingerprint density at radius 2 is 1.53 bits per heavy atom. The molecule has 0 N–H and O–H groups in total. The van der Waals surface area contributed by atoms with Crippen LogP contribution in [-0.4, -0.2) is 13.0 Å². The fourth-order valence-corrected chi connectivity index (χ4v) is 2.45. The molecule has 0 aliphatic heterocycles. The highest BCUT2D eigenvalue weighted by atomic mass is 19.3. The lowest BCUT2D eigenvalue weighted by molar-refractivity contribution is -0.0497. The van der Waals surface area contributed by atoms with E-state index in [0.29, 0.717) is 12.8 Å². The van der Waals surface area contributed by atoms with Crippen LogP contribution in [0.4, 0.5) is 8.78 Å². The molecule has 1 aliphatic carbocycles. The third-order valence-electron chi connectivity index (χ3n) is 3.87. The van der Waals surface area contributed by atoms with Gasteiger partial charge in [0.15, 0.2) is 0 Å². The summed E-state index contributed by atoms with van der Waals surface area (Å²) >= 11 is 0. The molecule has 17 heavy (non-hydrogen) atoms. The smallest absolute Gasteiger partial charge is 0.248 e. The summed E-state index contributed by atoms with van der Waals surface area (Å²) in [6.07, 6.45) is 1.09. The number of methoxy groups -OCH3 is 1. The van der Waals surface area contributed by atoms with Gasteiger partial charge in [0.1, 0.15) is 5.75 Å². The molecular weight excluding hydrogens is 222 g/mol. The van der Waals surface area contributed by atoms with Crippen molar-refractivity contribution in [3.63, 3.8) is 0 Å². The second-order valence-electron chi connectivity index (χ2n) is 5.15. The van der Waals surface area contributed by atoms with Crippen molar-refractivity contribution < 1.29 is 13.5 Å². The zero-order chi connectivity index (χ0) is 12.5. The summed E-state index contributed by atoms with van der Waals surface area (Å²) in [6.45, 7) is 2.07. The minimum atomic E-state index is -2.47. The molecule has 0 atom stereocenters. The van der Waals surface area contributed by atoms with Gasteiger partial charge >= 0.3 is 0 Å². The third-order valence-corrected chi connectivity index (χ3v) is 3.87. The molecule has 0 bridgehead atoms. The van der Waals surface area contributed by atoms with Crippen molar-refractivity contribution in [3.8, 4) is 5.75 Å². The number of halogens is 2. The molecule has 0 heterocycles. The average molecular weight is 240 g/mol. The molecule has 1 nitrogen and oxygen atoms in total. The van der Waals surface area contributed by atoms with E-state index in [4.69, 9.17) is 4.74 Å². The van der Waals surface area contributed by atoms with Gasteiger partial charge in [-0.3, -0.25) is 0 Å². The predicted molar refractivity (Wildman–Crippen MR) is 63.8 cm³/mol. The molecule has 2 rings (SSSR count). The maximum absolute atomic E-state index is 13.2. The second kappa shape index (κ2) is 4.28. The van der Waals surface area contributed by atoms with Crippen molar-refractivity contribution in [2.24, 2.45) is 0 Å². The van der Waals surface area contributed by atoms with E-state index in [1.54, 1.807) is 7.11 Å². The van der Waals surface area contributed by atoms with E-state index < -0.39 is 5.92 Å². The maximum Gasteiger partial charge on any atom is 0.248 e. The van der Waals surface area contributed by atoms with Crippen LogP contribution in [0, 0.1) is 0 Å². The minimum Gasteiger partial charge on any atom is -0.497 e. The number of benzene rings is 1. The Balaban J connectivity index is 2.15. The number of rotatable bonds is 2. The Hall–Kier alpha value is -1.12. The summed E-state index contributed by atoms with van der Waals surface area (Å²) in [5.41, 5.74) is 1.02. The molecule has 0 unspecified atom stereocenters. The Labute approximate surface area is 101 Å². The molecule has 0 radical (unpaired) electrons. The largest absolute Gasteiger partial charge is 0.497 e. The third kappa shape index (κ3) is 2.59. The monoisotopic (exact) mass is 240 g/mol. The lowest BCUT2D eigenvalue weighted by Gasteiger charge is -2.37. The van der Waals surface area contributed by atoms with Gasteiger partial charge in [0.05, 0.1) is 7.11 Å². The summed E-state index contributed by atoms with van der Waals surface area (Å²) < 4.78 is 31.4. The van der Waals surface area contributed by atoms with Crippen molar-refractivity contribution in [3.05, 3.63) is 29.8 Å². The normalized spacial score (nSPS) is 22.1. The van der Waals surface area contributed by atoms with Crippen LogP contribution in [-0.2, 0) is 5.41 Å². The van der Waals surface area contributed by atoms with Crippen molar-refractivity contribution in [2.75, 3.05) is 7.11 Å². The van der Waals surface area contributed by atoms with Crippen LogP contribution < -0.4 is 4.74 Å². The van der Waals surface area contributed by atoms with Gasteiger partial charge in [0.2, 0.25) is 5.92 Å². The first-order valence-corrected chi connectivity index (χ1v) is 5.98. The van der Waals surface area contributed by atoms with Gasteiger partial charge in [-0.25, -0.2) is 8.78 Å². The van der Waals surface area contributed by atoms with E-state index in [2.05, 4.69) is 6.92 Å². The van der Waals surface area contributed by atoms with Gasteiger partial charge < -0.3 is 4.74 Å². The van der Waals surface area contributed by atoms with Crippen molar-refractivity contribution in [1.29, 1.82) is 0 Å². The second-order valence-corrected chi connectivity index (χ2v) is 5.15. The van der Waals surface area contributed by atoms with Crippen LogP contribution >= 0.6 is 0 Å². The summed E-state index contributed by atoms with van der Waals surface area (Å²) in [7, 11) is 1.62. The highest BCUT2D eigenvalue weighted by Crippen LogP contribution is 2.45. The molecule has 1 aromatic carbocycles. The molecule has 1 fully saturated rings. The quantitative estimate of drug-likeness (QED) is 0.754. The predicted octanol–water partition coefficient (Wildman–Crippen LogP) is 4.16. The Morgan fingerprint density at radius 3 is 2.00 bits per heavy atom. The van der Waals surface area contributed by atoms with Gasteiger partial charge in [-0.1, -0.05) is 19.1 Å². The lowest BCUT2D eigenvalue weighted by atomic mass is 9.70. The molecule has 3 heteroatoms.